The number of halogens is 2. The van der Waals surface area contributed by atoms with E-state index in [1.807, 2.05) is 13.8 Å². The van der Waals surface area contributed by atoms with Gasteiger partial charge in [-0.3, -0.25) is 4.79 Å². The lowest BCUT2D eigenvalue weighted by atomic mass is 10.0. The third-order valence-electron chi connectivity index (χ3n) is 4.24. The zero-order valence-electron chi connectivity index (χ0n) is 16.0. The molecule has 9 heteroatoms. The molecule has 0 bridgehead atoms. The smallest absolute Gasteiger partial charge is 0.462 e. The molecule has 1 aromatic heterocycles. The number of carbonyl (C=O) groups is 2. The molecule has 2 rings (SSSR count). The number of hydrogen-bond acceptors (Lipinski definition) is 6. The van der Waals surface area contributed by atoms with Crippen molar-refractivity contribution in [2.24, 2.45) is 5.92 Å². The predicted octanol–water partition coefficient (Wildman–Crippen LogP) is 3.90. The first-order valence-corrected chi connectivity index (χ1v) is 9.70. The second-order valence-corrected chi connectivity index (χ2v) is 7.52. The van der Waals surface area contributed by atoms with Crippen molar-refractivity contribution in [3.63, 3.8) is 0 Å². The first-order chi connectivity index (χ1) is 13.2. The van der Waals surface area contributed by atoms with Crippen LogP contribution in [-0.2, 0) is 14.2 Å². The highest BCUT2D eigenvalue weighted by Gasteiger charge is 2.24. The maximum absolute atomic E-state index is 14.3. The van der Waals surface area contributed by atoms with Crippen LogP contribution in [0.25, 0.3) is 10.9 Å². The predicted molar refractivity (Wildman–Crippen MR) is 109 cm³/mol. The Bertz CT molecular complexity index is 956. The fourth-order valence-corrected chi connectivity index (χ4v) is 3.25. The molecule has 1 aromatic carbocycles. The van der Waals surface area contributed by atoms with Crippen LogP contribution >= 0.6 is 22.6 Å². The first-order valence-electron chi connectivity index (χ1n) is 8.63. The molecule has 0 amide bonds. The minimum absolute atomic E-state index is 0.0762. The van der Waals surface area contributed by atoms with Crippen LogP contribution in [0.4, 0.5) is 9.18 Å². The Kier molecular flexibility index (Phi) is 7.39. The molecule has 2 aromatic rings. The molecule has 152 valence electrons. The van der Waals surface area contributed by atoms with Crippen LogP contribution in [-0.4, -0.2) is 37.0 Å². The summed E-state index contributed by atoms with van der Waals surface area (Å²) < 4.78 is 30.6. The standard InChI is InChI=1S/C19H21FINO6/c1-5-27-18(24)12-8-22(16(10(2)3)9-28-19(25)26-4)15-7-13(20)14(21)6-11(15)17(12)23/h6-8,10,16H,5,9H2,1-4H3. The van der Waals surface area contributed by atoms with Gasteiger partial charge in [0.05, 0.1) is 25.3 Å². The van der Waals surface area contributed by atoms with E-state index in [1.54, 1.807) is 34.1 Å². The molecule has 0 saturated heterocycles. The zero-order valence-corrected chi connectivity index (χ0v) is 18.1. The summed E-state index contributed by atoms with van der Waals surface area (Å²) in [4.78, 5) is 36.5. The molecule has 1 heterocycles. The summed E-state index contributed by atoms with van der Waals surface area (Å²) in [5, 5.41) is 0.181. The molecule has 1 unspecified atom stereocenters. The number of aromatic nitrogens is 1. The van der Waals surface area contributed by atoms with E-state index in [0.717, 1.165) is 0 Å². The van der Waals surface area contributed by atoms with E-state index in [2.05, 4.69) is 4.74 Å². The number of pyridine rings is 1. The quantitative estimate of drug-likeness (QED) is 0.438. The van der Waals surface area contributed by atoms with Gasteiger partial charge in [-0.25, -0.2) is 14.0 Å². The molecule has 0 aliphatic heterocycles. The van der Waals surface area contributed by atoms with Gasteiger partial charge in [-0.15, -0.1) is 0 Å². The fraction of sp³-hybridized carbons (Fsp3) is 0.421. The number of nitrogens with zero attached hydrogens (tertiary/aromatic N) is 1. The Labute approximate surface area is 174 Å². The Balaban J connectivity index is 2.74. The number of methoxy groups -OCH3 is 1. The van der Waals surface area contributed by atoms with Gasteiger partial charge in [0.2, 0.25) is 5.43 Å². The molecule has 0 radical (unpaired) electrons. The minimum atomic E-state index is -0.859. The van der Waals surface area contributed by atoms with Crippen molar-refractivity contribution in [1.29, 1.82) is 0 Å². The van der Waals surface area contributed by atoms with Crippen molar-refractivity contribution in [3.05, 3.63) is 43.5 Å². The van der Waals surface area contributed by atoms with Gasteiger partial charge in [0.15, 0.2) is 0 Å². The van der Waals surface area contributed by atoms with E-state index in [1.165, 1.54) is 25.4 Å². The summed E-state index contributed by atoms with van der Waals surface area (Å²) in [7, 11) is 1.19. The third kappa shape index (κ3) is 4.62. The minimum Gasteiger partial charge on any atom is -0.462 e. The maximum atomic E-state index is 14.3. The third-order valence-corrected chi connectivity index (χ3v) is 5.06. The molecule has 28 heavy (non-hydrogen) atoms. The first kappa shape index (κ1) is 22.1. The summed E-state index contributed by atoms with van der Waals surface area (Å²) >= 11 is 1.78. The number of fused-ring (bicyclic) bond motifs is 1. The van der Waals surface area contributed by atoms with Crippen LogP contribution < -0.4 is 5.43 Å². The second kappa shape index (κ2) is 9.35. The molecule has 1 atom stereocenters. The fourth-order valence-electron chi connectivity index (χ4n) is 2.78. The van der Waals surface area contributed by atoms with Crippen LogP contribution in [0, 0.1) is 15.3 Å². The molecule has 0 aliphatic carbocycles. The zero-order chi connectivity index (χ0) is 21.0. The van der Waals surface area contributed by atoms with Crippen molar-refractivity contribution in [2.45, 2.75) is 26.8 Å². The second-order valence-electron chi connectivity index (χ2n) is 6.36. The van der Waals surface area contributed by atoms with Gasteiger partial charge in [0, 0.05) is 15.2 Å². The van der Waals surface area contributed by atoms with Crippen LogP contribution in [0.2, 0.25) is 0 Å². The van der Waals surface area contributed by atoms with E-state index < -0.39 is 29.4 Å². The number of benzene rings is 1. The van der Waals surface area contributed by atoms with Gasteiger partial charge in [-0.05, 0) is 47.6 Å². The van der Waals surface area contributed by atoms with Crippen molar-refractivity contribution >= 4 is 45.6 Å². The lowest BCUT2D eigenvalue weighted by Crippen LogP contribution is -2.28. The number of rotatable bonds is 6. The molecular weight excluding hydrogens is 484 g/mol. The van der Waals surface area contributed by atoms with Gasteiger partial charge in [-0.1, -0.05) is 13.8 Å². The number of ether oxygens (including phenoxy) is 3. The van der Waals surface area contributed by atoms with E-state index in [0.29, 0.717) is 5.52 Å². The summed E-state index contributed by atoms with van der Waals surface area (Å²) in [6.07, 6.45) is 0.475. The van der Waals surface area contributed by atoms with Crippen LogP contribution in [0.3, 0.4) is 0 Å². The SMILES string of the molecule is CCOC(=O)c1cn(C(COC(=O)OC)C(C)C)c2cc(F)c(I)cc2c1=O. The highest BCUT2D eigenvalue weighted by molar-refractivity contribution is 14.1. The van der Waals surface area contributed by atoms with E-state index >= 15 is 0 Å². The molecule has 0 saturated carbocycles. The molecule has 0 fully saturated rings. The van der Waals surface area contributed by atoms with E-state index in [9.17, 15) is 18.8 Å². The lowest BCUT2D eigenvalue weighted by Gasteiger charge is -2.26. The Morgan fingerprint density at radius 2 is 1.93 bits per heavy atom. The molecular formula is C19H21FINO6. The average Bonchev–Trinajstić information content (AvgIpc) is 2.64. The number of carbonyl (C=O) groups excluding carboxylic acids is 2. The molecule has 7 nitrogen and oxygen atoms in total. The van der Waals surface area contributed by atoms with E-state index in [4.69, 9.17) is 9.47 Å². The van der Waals surface area contributed by atoms with Crippen molar-refractivity contribution in [2.75, 3.05) is 20.3 Å². The summed E-state index contributed by atoms with van der Waals surface area (Å²) in [5.41, 5.74) is -0.414. The van der Waals surface area contributed by atoms with Gasteiger partial charge >= 0.3 is 12.1 Å². The monoisotopic (exact) mass is 505 g/mol. The van der Waals surface area contributed by atoms with Crippen LogP contribution in [0.1, 0.15) is 37.2 Å². The van der Waals surface area contributed by atoms with E-state index in [-0.39, 0.29) is 33.7 Å². The Morgan fingerprint density at radius 3 is 2.50 bits per heavy atom. The highest BCUT2D eigenvalue weighted by Crippen LogP contribution is 2.26. The summed E-state index contributed by atoms with van der Waals surface area (Å²) in [5.74, 6) is -1.34. The number of hydrogen-bond donors (Lipinski definition) is 0. The van der Waals surface area contributed by atoms with Crippen LogP contribution in [0.5, 0.6) is 0 Å². The van der Waals surface area contributed by atoms with Gasteiger partial charge in [0.25, 0.3) is 0 Å². The van der Waals surface area contributed by atoms with Gasteiger partial charge in [-0.2, -0.15) is 0 Å². The lowest BCUT2D eigenvalue weighted by molar-refractivity contribution is 0.0510. The maximum Gasteiger partial charge on any atom is 0.508 e. The van der Waals surface area contributed by atoms with Crippen molar-refractivity contribution in [1.82, 2.24) is 4.57 Å². The van der Waals surface area contributed by atoms with Gasteiger partial charge in [0.1, 0.15) is 18.0 Å². The van der Waals surface area contributed by atoms with Crippen LogP contribution in [0.15, 0.2) is 23.1 Å². The molecule has 0 N–H and O–H groups in total. The normalized spacial score (nSPS) is 12.1. The average molecular weight is 505 g/mol. The van der Waals surface area contributed by atoms with Crippen molar-refractivity contribution < 1.29 is 28.2 Å². The molecule has 0 spiro atoms. The van der Waals surface area contributed by atoms with Gasteiger partial charge < -0.3 is 18.8 Å². The number of esters is 1. The highest BCUT2D eigenvalue weighted by atomic mass is 127. The summed E-state index contributed by atoms with van der Waals surface area (Å²) in [6, 6.07) is 2.15. The Morgan fingerprint density at radius 1 is 1.25 bits per heavy atom. The molecule has 0 aliphatic rings. The summed E-state index contributed by atoms with van der Waals surface area (Å²) in [6.45, 7) is 5.41. The van der Waals surface area contributed by atoms with Crippen molar-refractivity contribution in [3.8, 4) is 0 Å². The largest absolute Gasteiger partial charge is 0.508 e. The Hall–Kier alpha value is -2.17. The topological polar surface area (TPSA) is 83.8 Å².